The number of benzene rings is 2. The standard InChI is InChI=1S/C20H16N2O2S/c1-14-19(20(24)21-13-16-5-3-2-4-6-16)25-18(22-14)12-9-15-7-10-17(23)11-8-15/h2-8,10-11,23H,13H2,1H3,(H,21,24). The van der Waals surface area contributed by atoms with E-state index in [0.717, 1.165) is 11.1 Å². The van der Waals surface area contributed by atoms with E-state index in [9.17, 15) is 9.90 Å². The maximum atomic E-state index is 12.3. The molecule has 124 valence electrons. The van der Waals surface area contributed by atoms with E-state index in [4.69, 9.17) is 0 Å². The molecule has 0 saturated carbocycles. The smallest absolute Gasteiger partial charge is 0.263 e. The zero-order valence-electron chi connectivity index (χ0n) is 13.6. The Bertz CT molecular complexity index is 935. The van der Waals surface area contributed by atoms with Gasteiger partial charge in [0, 0.05) is 12.1 Å². The van der Waals surface area contributed by atoms with Gasteiger partial charge in [-0.05, 0) is 42.7 Å². The number of phenolic OH excluding ortho intramolecular Hbond substituents is 1. The van der Waals surface area contributed by atoms with Gasteiger partial charge in [0.1, 0.15) is 10.6 Å². The Hall–Kier alpha value is -3.10. The molecule has 3 rings (SSSR count). The number of aromatic hydroxyl groups is 1. The predicted octanol–water partition coefficient (Wildman–Crippen LogP) is 3.49. The van der Waals surface area contributed by atoms with Crippen molar-refractivity contribution in [1.29, 1.82) is 0 Å². The summed E-state index contributed by atoms with van der Waals surface area (Å²) in [7, 11) is 0. The number of phenols is 1. The zero-order chi connectivity index (χ0) is 17.6. The Morgan fingerprint density at radius 1 is 1.12 bits per heavy atom. The molecule has 0 radical (unpaired) electrons. The minimum Gasteiger partial charge on any atom is -0.508 e. The van der Waals surface area contributed by atoms with Crippen LogP contribution in [-0.2, 0) is 6.54 Å². The van der Waals surface area contributed by atoms with Crippen molar-refractivity contribution >= 4 is 17.2 Å². The van der Waals surface area contributed by atoms with Gasteiger partial charge < -0.3 is 10.4 Å². The van der Waals surface area contributed by atoms with Crippen molar-refractivity contribution < 1.29 is 9.90 Å². The SMILES string of the molecule is Cc1nc(C#Cc2ccc(O)cc2)sc1C(=O)NCc1ccccc1. The lowest BCUT2D eigenvalue weighted by Gasteiger charge is -2.03. The first-order chi connectivity index (χ1) is 12.1. The number of aromatic nitrogens is 1. The van der Waals surface area contributed by atoms with Gasteiger partial charge in [0.25, 0.3) is 5.91 Å². The van der Waals surface area contributed by atoms with E-state index < -0.39 is 0 Å². The lowest BCUT2D eigenvalue weighted by atomic mass is 10.2. The van der Waals surface area contributed by atoms with Gasteiger partial charge in [-0.15, -0.1) is 11.3 Å². The van der Waals surface area contributed by atoms with Gasteiger partial charge in [-0.3, -0.25) is 4.79 Å². The van der Waals surface area contributed by atoms with Crippen LogP contribution in [-0.4, -0.2) is 16.0 Å². The number of nitrogens with one attached hydrogen (secondary N) is 1. The molecule has 0 bridgehead atoms. The highest BCUT2D eigenvalue weighted by molar-refractivity contribution is 7.14. The summed E-state index contributed by atoms with van der Waals surface area (Å²) in [5.41, 5.74) is 2.50. The molecule has 25 heavy (non-hydrogen) atoms. The summed E-state index contributed by atoms with van der Waals surface area (Å²) in [5.74, 6) is 6.01. The summed E-state index contributed by atoms with van der Waals surface area (Å²) >= 11 is 1.28. The first kappa shape index (κ1) is 16.7. The molecular weight excluding hydrogens is 332 g/mol. The van der Waals surface area contributed by atoms with E-state index in [1.165, 1.54) is 11.3 Å². The Labute approximate surface area is 150 Å². The van der Waals surface area contributed by atoms with Gasteiger partial charge in [0.2, 0.25) is 0 Å². The summed E-state index contributed by atoms with van der Waals surface area (Å²) in [5, 5.41) is 12.8. The molecular formula is C20H16N2O2S. The van der Waals surface area contributed by atoms with Crippen LogP contribution in [0, 0.1) is 18.8 Å². The fraction of sp³-hybridized carbons (Fsp3) is 0.100. The molecule has 2 N–H and O–H groups in total. The Morgan fingerprint density at radius 3 is 2.56 bits per heavy atom. The maximum Gasteiger partial charge on any atom is 0.263 e. The third kappa shape index (κ3) is 4.46. The third-order valence-electron chi connectivity index (χ3n) is 3.48. The summed E-state index contributed by atoms with van der Waals surface area (Å²) in [6.45, 7) is 2.28. The summed E-state index contributed by atoms with van der Waals surface area (Å²) in [6.07, 6.45) is 0. The molecule has 0 spiro atoms. The van der Waals surface area contributed by atoms with Gasteiger partial charge in [-0.25, -0.2) is 4.98 Å². The van der Waals surface area contributed by atoms with Crippen molar-refractivity contribution in [3.05, 3.63) is 81.3 Å². The van der Waals surface area contributed by atoms with Crippen LogP contribution in [0.25, 0.3) is 0 Å². The third-order valence-corrected chi connectivity index (χ3v) is 4.55. The Balaban J connectivity index is 1.69. The molecule has 0 aliphatic carbocycles. The van der Waals surface area contributed by atoms with Crippen LogP contribution in [0.3, 0.4) is 0 Å². The summed E-state index contributed by atoms with van der Waals surface area (Å²) in [6, 6.07) is 16.4. The van der Waals surface area contributed by atoms with Crippen molar-refractivity contribution in [3.8, 4) is 17.6 Å². The molecule has 2 aromatic carbocycles. The molecule has 5 heteroatoms. The molecule has 0 fully saturated rings. The topological polar surface area (TPSA) is 62.2 Å². The van der Waals surface area contributed by atoms with Crippen LogP contribution in [0.4, 0.5) is 0 Å². The predicted molar refractivity (Wildman–Crippen MR) is 98.5 cm³/mol. The van der Waals surface area contributed by atoms with Crippen LogP contribution < -0.4 is 5.32 Å². The molecule has 1 amide bonds. The highest BCUT2D eigenvalue weighted by Gasteiger charge is 2.14. The molecule has 0 saturated heterocycles. The molecule has 1 heterocycles. The fourth-order valence-electron chi connectivity index (χ4n) is 2.19. The van der Waals surface area contributed by atoms with Gasteiger partial charge in [0.05, 0.1) is 5.69 Å². The van der Waals surface area contributed by atoms with Crippen molar-refractivity contribution in [2.24, 2.45) is 0 Å². The molecule has 0 aliphatic rings. The molecule has 0 unspecified atom stereocenters. The first-order valence-corrected chi connectivity index (χ1v) is 8.54. The van der Waals surface area contributed by atoms with Crippen molar-refractivity contribution in [2.45, 2.75) is 13.5 Å². The van der Waals surface area contributed by atoms with E-state index in [0.29, 0.717) is 22.1 Å². The average molecular weight is 348 g/mol. The van der Waals surface area contributed by atoms with Crippen LogP contribution in [0.15, 0.2) is 54.6 Å². The number of rotatable bonds is 3. The number of thiazole rings is 1. The lowest BCUT2D eigenvalue weighted by Crippen LogP contribution is -2.22. The molecule has 0 aliphatic heterocycles. The van der Waals surface area contributed by atoms with Crippen molar-refractivity contribution in [1.82, 2.24) is 10.3 Å². The monoisotopic (exact) mass is 348 g/mol. The van der Waals surface area contributed by atoms with Crippen molar-refractivity contribution in [3.63, 3.8) is 0 Å². The quantitative estimate of drug-likeness (QED) is 0.712. The normalized spacial score (nSPS) is 9.96. The van der Waals surface area contributed by atoms with Crippen LogP contribution >= 0.6 is 11.3 Å². The molecule has 0 atom stereocenters. The number of hydrogen-bond donors (Lipinski definition) is 2. The molecule has 4 nitrogen and oxygen atoms in total. The number of amides is 1. The highest BCUT2D eigenvalue weighted by atomic mass is 32.1. The summed E-state index contributed by atoms with van der Waals surface area (Å²) < 4.78 is 0. The molecule has 1 aromatic heterocycles. The van der Waals surface area contributed by atoms with Crippen molar-refractivity contribution in [2.75, 3.05) is 0 Å². The van der Waals surface area contributed by atoms with Crippen LogP contribution in [0.5, 0.6) is 5.75 Å². The number of hydrogen-bond acceptors (Lipinski definition) is 4. The zero-order valence-corrected chi connectivity index (χ0v) is 14.4. The van der Waals surface area contributed by atoms with E-state index in [2.05, 4.69) is 22.1 Å². The Morgan fingerprint density at radius 2 is 1.84 bits per heavy atom. The van der Waals surface area contributed by atoms with Gasteiger partial charge >= 0.3 is 0 Å². The number of aryl methyl sites for hydroxylation is 1. The number of carbonyl (C=O) groups is 1. The van der Waals surface area contributed by atoms with Gasteiger partial charge in [-0.2, -0.15) is 0 Å². The second-order valence-corrected chi connectivity index (χ2v) is 6.40. The van der Waals surface area contributed by atoms with Gasteiger partial charge in [0.15, 0.2) is 5.01 Å². The molecule has 3 aromatic rings. The van der Waals surface area contributed by atoms with E-state index >= 15 is 0 Å². The highest BCUT2D eigenvalue weighted by Crippen LogP contribution is 2.18. The van der Waals surface area contributed by atoms with Gasteiger partial charge in [-0.1, -0.05) is 36.3 Å². The van der Waals surface area contributed by atoms with Crippen LogP contribution in [0.1, 0.15) is 31.5 Å². The number of nitrogens with zero attached hydrogens (tertiary/aromatic N) is 1. The lowest BCUT2D eigenvalue weighted by molar-refractivity contribution is 0.0954. The maximum absolute atomic E-state index is 12.3. The largest absolute Gasteiger partial charge is 0.508 e. The second kappa shape index (κ2) is 7.65. The minimum absolute atomic E-state index is 0.142. The Kier molecular flexibility index (Phi) is 5.12. The van der Waals surface area contributed by atoms with E-state index in [1.807, 2.05) is 30.3 Å². The average Bonchev–Trinajstić information content (AvgIpc) is 3.01. The first-order valence-electron chi connectivity index (χ1n) is 7.72. The minimum atomic E-state index is -0.142. The van der Waals surface area contributed by atoms with E-state index in [1.54, 1.807) is 31.2 Å². The van der Waals surface area contributed by atoms with Crippen LogP contribution in [0.2, 0.25) is 0 Å². The summed E-state index contributed by atoms with van der Waals surface area (Å²) in [4.78, 5) is 17.3. The second-order valence-electron chi connectivity index (χ2n) is 5.40. The fourth-order valence-corrected chi connectivity index (χ4v) is 3.03. The van der Waals surface area contributed by atoms with E-state index in [-0.39, 0.29) is 11.7 Å². The number of carbonyl (C=O) groups excluding carboxylic acids is 1.